The summed E-state index contributed by atoms with van der Waals surface area (Å²) < 4.78 is 13.4. The van der Waals surface area contributed by atoms with E-state index in [-0.39, 0.29) is 37.2 Å². The number of nitrogens with one attached hydrogen (secondary N) is 3. The minimum Gasteiger partial charge on any atom is -0.493 e. The molecule has 3 aromatic rings. The van der Waals surface area contributed by atoms with Gasteiger partial charge in [-0.15, -0.1) is 0 Å². The van der Waals surface area contributed by atoms with Crippen molar-refractivity contribution >= 4 is 17.7 Å². The number of rotatable bonds is 3. The van der Waals surface area contributed by atoms with E-state index in [1.807, 2.05) is 30.7 Å². The normalized spacial score (nSPS) is 16.9. The number of aromatic amines is 1. The van der Waals surface area contributed by atoms with Crippen molar-refractivity contribution in [1.82, 2.24) is 35.1 Å². The molecular weight excluding hydrogens is 506 g/mol. The molecule has 3 N–H and O–H groups in total. The summed E-state index contributed by atoms with van der Waals surface area (Å²) in [4.78, 5) is 62.6. The van der Waals surface area contributed by atoms with Gasteiger partial charge >= 0.3 is 0 Å². The molecule has 1 aromatic carbocycles. The van der Waals surface area contributed by atoms with Gasteiger partial charge < -0.3 is 34.6 Å². The topological polar surface area (TPSA) is 161 Å². The zero-order valence-corrected chi connectivity index (χ0v) is 22.0. The van der Waals surface area contributed by atoms with E-state index in [1.54, 1.807) is 18.3 Å². The number of ether oxygens (including phenoxy) is 2. The number of carbonyl (C=O) groups excluding carboxylic acids is 3. The molecule has 0 saturated carbocycles. The highest BCUT2D eigenvalue weighted by molar-refractivity contribution is 5.95. The monoisotopic (exact) mass is 537 g/mol. The number of aromatic nitrogens is 4. The lowest BCUT2D eigenvalue weighted by molar-refractivity contribution is -0.130. The number of methoxy groups -OCH3 is 1. The molecular formula is C26H31N7O6. The Labute approximate surface area is 224 Å². The highest BCUT2D eigenvalue weighted by Crippen LogP contribution is 2.32. The van der Waals surface area contributed by atoms with E-state index in [4.69, 9.17) is 9.47 Å². The SMILES string of the molecule is COc1ccc2cc1OCCN(C(=O)c1c[nH]c(=O)cn1)CC(=O)N[C@H](C(C)C)C(=O)NCCn1ccnc1-2. The molecule has 0 unspecified atom stereocenters. The van der Waals surface area contributed by atoms with Gasteiger partial charge in [-0.2, -0.15) is 0 Å². The summed E-state index contributed by atoms with van der Waals surface area (Å²) in [5.74, 6) is -0.0585. The maximum atomic E-state index is 13.2. The average Bonchev–Trinajstić information content (AvgIpc) is 3.39. The third-order valence-electron chi connectivity index (χ3n) is 6.19. The van der Waals surface area contributed by atoms with Gasteiger partial charge in [0.25, 0.3) is 11.5 Å². The van der Waals surface area contributed by atoms with Gasteiger partial charge in [0, 0.05) is 37.2 Å². The largest absolute Gasteiger partial charge is 0.493 e. The Balaban J connectivity index is 1.67. The molecule has 1 aliphatic heterocycles. The lowest BCUT2D eigenvalue weighted by atomic mass is 10.0. The fourth-order valence-electron chi connectivity index (χ4n) is 4.15. The third-order valence-corrected chi connectivity index (χ3v) is 6.19. The van der Waals surface area contributed by atoms with Crippen molar-refractivity contribution in [3.63, 3.8) is 0 Å². The molecule has 0 spiro atoms. The van der Waals surface area contributed by atoms with E-state index in [0.29, 0.717) is 30.4 Å². The van der Waals surface area contributed by atoms with Crippen LogP contribution in [-0.4, -0.2) is 81.5 Å². The fourth-order valence-corrected chi connectivity index (χ4v) is 4.15. The molecule has 3 amide bonds. The first-order valence-electron chi connectivity index (χ1n) is 12.5. The lowest BCUT2D eigenvalue weighted by Crippen LogP contribution is -2.53. The van der Waals surface area contributed by atoms with Crippen molar-refractivity contribution in [2.75, 3.05) is 33.4 Å². The van der Waals surface area contributed by atoms with Crippen LogP contribution in [0.5, 0.6) is 11.5 Å². The van der Waals surface area contributed by atoms with Crippen LogP contribution >= 0.6 is 0 Å². The van der Waals surface area contributed by atoms with Crippen LogP contribution in [0.2, 0.25) is 0 Å². The van der Waals surface area contributed by atoms with E-state index < -0.39 is 23.4 Å². The maximum Gasteiger partial charge on any atom is 0.274 e. The van der Waals surface area contributed by atoms with Crippen molar-refractivity contribution in [3.05, 3.63) is 59.0 Å². The van der Waals surface area contributed by atoms with Crippen LogP contribution < -0.4 is 25.7 Å². The lowest BCUT2D eigenvalue weighted by Gasteiger charge is -2.25. The van der Waals surface area contributed by atoms with Gasteiger partial charge in [0.1, 0.15) is 30.7 Å². The first-order valence-corrected chi connectivity index (χ1v) is 12.5. The van der Waals surface area contributed by atoms with Gasteiger partial charge in [-0.3, -0.25) is 19.2 Å². The number of nitrogens with zero attached hydrogens (tertiary/aromatic N) is 4. The van der Waals surface area contributed by atoms with Crippen LogP contribution in [-0.2, 0) is 16.1 Å². The van der Waals surface area contributed by atoms with Crippen molar-refractivity contribution in [2.45, 2.75) is 26.4 Å². The first kappa shape index (κ1) is 27.4. The molecule has 3 heterocycles. The van der Waals surface area contributed by atoms with Crippen LogP contribution in [0.15, 0.2) is 47.8 Å². The van der Waals surface area contributed by atoms with Crippen LogP contribution in [0.1, 0.15) is 24.3 Å². The Morgan fingerprint density at radius 1 is 1.18 bits per heavy atom. The second-order valence-electron chi connectivity index (χ2n) is 9.26. The van der Waals surface area contributed by atoms with Crippen molar-refractivity contribution in [1.29, 1.82) is 0 Å². The van der Waals surface area contributed by atoms with Crippen molar-refractivity contribution < 1.29 is 23.9 Å². The Hall–Kier alpha value is -4.68. The summed E-state index contributed by atoms with van der Waals surface area (Å²) >= 11 is 0. The molecule has 13 nitrogen and oxygen atoms in total. The standard InChI is InChI=1S/C26H31N7O6/c1-16(2)23-25(36)28-7-9-32-8-6-27-24(32)17-4-5-19(38-3)20(12-17)39-11-10-33(15-22(35)31-23)26(37)18-13-30-21(34)14-29-18/h4-6,8,12-14,16,23H,7,9-11,15H2,1-3H3,(H,28,36)(H,30,34)(H,31,35)/t23-/m1/s1. The number of fused-ring (bicyclic) bond motifs is 4. The van der Waals surface area contributed by atoms with Crippen molar-refractivity contribution in [3.8, 4) is 22.9 Å². The van der Waals surface area contributed by atoms with Crippen LogP contribution in [0.25, 0.3) is 11.4 Å². The first-order chi connectivity index (χ1) is 18.8. The van der Waals surface area contributed by atoms with Crippen LogP contribution in [0.3, 0.4) is 0 Å². The molecule has 2 aromatic heterocycles. The molecule has 206 valence electrons. The van der Waals surface area contributed by atoms with Crippen molar-refractivity contribution in [2.24, 2.45) is 5.92 Å². The summed E-state index contributed by atoms with van der Waals surface area (Å²) in [6.07, 6.45) is 5.66. The Kier molecular flexibility index (Phi) is 8.59. The number of H-pyrrole nitrogens is 1. The summed E-state index contributed by atoms with van der Waals surface area (Å²) in [6, 6.07) is 4.58. The Bertz CT molecular complexity index is 1380. The minimum absolute atomic E-state index is 0.00755. The molecule has 2 bridgehead atoms. The average molecular weight is 538 g/mol. The summed E-state index contributed by atoms with van der Waals surface area (Å²) in [7, 11) is 1.52. The van der Waals surface area contributed by atoms with E-state index in [1.165, 1.54) is 18.2 Å². The number of benzene rings is 1. The fraction of sp³-hybridized carbons (Fsp3) is 0.385. The van der Waals surface area contributed by atoms with Gasteiger partial charge in [0.15, 0.2) is 11.5 Å². The van der Waals surface area contributed by atoms with E-state index >= 15 is 0 Å². The summed E-state index contributed by atoms with van der Waals surface area (Å²) in [6.45, 7) is 4.08. The molecule has 4 rings (SSSR count). The summed E-state index contributed by atoms with van der Waals surface area (Å²) in [5.41, 5.74) is 0.265. The molecule has 0 radical (unpaired) electrons. The quantitative estimate of drug-likeness (QED) is 0.434. The molecule has 39 heavy (non-hydrogen) atoms. The zero-order valence-electron chi connectivity index (χ0n) is 22.0. The molecule has 13 heteroatoms. The predicted octanol–water partition coefficient (Wildman–Crippen LogP) is 0.434. The zero-order chi connectivity index (χ0) is 27.9. The second-order valence-corrected chi connectivity index (χ2v) is 9.26. The number of imidazole rings is 1. The summed E-state index contributed by atoms with van der Waals surface area (Å²) in [5, 5.41) is 5.62. The van der Waals surface area contributed by atoms with Gasteiger partial charge in [0.05, 0.1) is 19.9 Å². The van der Waals surface area contributed by atoms with Gasteiger partial charge in [-0.05, 0) is 24.1 Å². The van der Waals surface area contributed by atoms with Gasteiger partial charge in [0.2, 0.25) is 11.8 Å². The van der Waals surface area contributed by atoms with E-state index in [9.17, 15) is 19.2 Å². The molecule has 0 fully saturated rings. The van der Waals surface area contributed by atoms with Crippen LogP contribution in [0, 0.1) is 5.92 Å². The van der Waals surface area contributed by atoms with E-state index in [0.717, 1.165) is 11.8 Å². The minimum atomic E-state index is -0.811. The molecule has 1 aliphatic rings. The smallest absolute Gasteiger partial charge is 0.274 e. The Morgan fingerprint density at radius 2 is 2.00 bits per heavy atom. The van der Waals surface area contributed by atoms with Gasteiger partial charge in [-0.1, -0.05) is 13.8 Å². The van der Waals surface area contributed by atoms with E-state index in [2.05, 4.69) is 25.6 Å². The van der Waals surface area contributed by atoms with Gasteiger partial charge in [-0.25, -0.2) is 9.97 Å². The maximum absolute atomic E-state index is 13.2. The Morgan fingerprint density at radius 3 is 2.72 bits per heavy atom. The molecule has 1 atom stereocenters. The third kappa shape index (κ3) is 6.61. The number of carbonyl (C=O) groups is 3. The second kappa shape index (κ2) is 12.2. The number of hydrogen-bond donors (Lipinski definition) is 3. The molecule has 0 aliphatic carbocycles. The predicted molar refractivity (Wildman–Crippen MR) is 140 cm³/mol. The number of hydrogen-bond acceptors (Lipinski definition) is 8. The van der Waals surface area contributed by atoms with Crippen LogP contribution in [0.4, 0.5) is 0 Å². The number of amides is 3. The highest BCUT2D eigenvalue weighted by atomic mass is 16.5. The highest BCUT2D eigenvalue weighted by Gasteiger charge is 2.27. The molecule has 0 saturated heterocycles.